The monoisotopic (exact) mass is 322 g/mol. The summed E-state index contributed by atoms with van der Waals surface area (Å²) in [6, 6.07) is 8.63. The third-order valence-corrected chi connectivity index (χ3v) is 5.26. The average Bonchev–Trinajstić information content (AvgIpc) is 2.46. The van der Waals surface area contributed by atoms with Gasteiger partial charge < -0.3 is 9.47 Å². The number of benzene rings is 1. The van der Waals surface area contributed by atoms with Crippen molar-refractivity contribution in [2.45, 2.75) is 51.2 Å². The van der Waals surface area contributed by atoms with Gasteiger partial charge in [-0.3, -0.25) is 0 Å². The fraction of sp³-hybridized carbons (Fsp3) is 0.579. The molecule has 3 heteroatoms. The van der Waals surface area contributed by atoms with E-state index in [1.807, 2.05) is 18.7 Å². The number of rotatable bonds is 9. The Kier molecular flexibility index (Phi) is 7.67. The number of methoxy groups -OCH3 is 2. The van der Waals surface area contributed by atoms with E-state index < -0.39 is 0 Å². The molecule has 2 atom stereocenters. The molecule has 124 valence electrons. The highest BCUT2D eigenvalue weighted by Crippen LogP contribution is 2.35. The van der Waals surface area contributed by atoms with Crippen LogP contribution in [0.3, 0.4) is 0 Å². The van der Waals surface area contributed by atoms with E-state index in [9.17, 15) is 0 Å². The van der Waals surface area contributed by atoms with Crippen molar-refractivity contribution in [1.82, 2.24) is 0 Å². The molecular weight excluding hydrogens is 292 g/mol. The first-order valence-electron chi connectivity index (χ1n) is 7.70. The third kappa shape index (κ3) is 5.45. The molecule has 0 unspecified atom stereocenters. The van der Waals surface area contributed by atoms with Gasteiger partial charge in [-0.2, -0.15) is 0 Å². The lowest BCUT2D eigenvalue weighted by molar-refractivity contribution is -0.0733. The maximum absolute atomic E-state index is 5.79. The molecule has 0 saturated heterocycles. The summed E-state index contributed by atoms with van der Waals surface area (Å²) < 4.78 is 11.5. The quantitative estimate of drug-likeness (QED) is 0.465. The standard InChI is InChI=1S/C19H30O2S/c1-14(2)12-17(20-6)19(4,5)18(21-7)13-22-16-10-8-15(3)9-11-16/h8-11,17-18H,1,12-13H2,2-7H3/t17-,18+/m1/s1. The number of thioether (sulfide) groups is 1. The summed E-state index contributed by atoms with van der Waals surface area (Å²) >= 11 is 1.83. The number of hydrogen-bond donors (Lipinski definition) is 0. The second-order valence-corrected chi connectivity index (χ2v) is 7.65. The summed E-state index contributed by atoms with van der Waals surface area (Å²) in [7, 11) is 3.56. The first-order chi connectivity index (χ1) is 10.3. The molecule has 0 radical (unpaired) electrons. The maximum Gasteiger partial charge on any atom is 0.0740 e. The topological polar surface area (TPSA) is 18.5 Å². The van der Waals surface area contributed by atoms with Crippen LogP contribution in [0.2, 0.25) is 0 Å². The summed E-state index contributed by atoms with van der Waals surface area (Å²) in [5, 5.41) is 0. The summed E-state index contributed by atoms with van der Waals surface area (Å²) in [5.41, 5.74) is 2.34. The Morgan fingerprint density at radius 1 is 1.14 bits per heavy atom. The van der Waals surface area contributed by atoms with E-state index in [-0.39, 0.29) is 17.6 Å². The zero-order valence-corrected chi connectivity index (χ0v) is 15.6. The van der Waals surface area contributed by atoms with E-state index in [0.29, 0.717) is 0 Å². The van der Waals surface area contributed by atoms with E-state index in [1.54, 1.807) is 14.2 Å². The Labute approximate surface area is 140 Å². The van der Waals surface area contributed by atoms with Crippen molar-refractivity contribution >= 4 is 11.8 Å². The highest BCUT2D eigenvalue weighted by molar-refractivity contribution is 7.99. The van der Waals surface area contributed by atoms with E-state index in [4.69, 9.17) is 9.47 Å². The van der Waals surface area contributed by atoms with E-state index in [2.05, 4.69) is 51.6 Å². The molecule has 0 heterocycles. The van der Waals surface area contributed by atoms with Crippen molar-refractivity contribution in [2.75, 3.05) is 20.0 Å². The summed E-state index contributed by atoms with van der Waals surface area (Å²) in [6.07, 6.45) is 1.08. The fourth-order valence-corrected chi connectivity index (χ4v) is 3.80. The molecule has 0 aliphatic carbocycles. The minimum Gasteiger partial charge on any atom is -0.380 e. The van der Waals surface area contributed by atoms with E-state index >= 15 is 0 Å². The van der Waals surface area contributed by atoms with Crippen molar-refractivity contribution in [3.63, 3.8) is 0 Å². The Morgan fingerprint density at radius 3 is 2.14 bits per heavy atom. The van der Waals surface area contributed by atoms with Crippen molar-refractivity contribution in [2.24, 2.45) is 5.41 Å². The SMILES string of the molecule is C=C(C)C[C@@H](OC)C(C)(C)[C@H](CSc1ccc(C)cc1)OC. The maximum atomic E-state index is 5.79. The van der Waals surface area contributed by atoms with Gasteiger partial charge in [0.2, 0.25) is 0 Å². The highest BCUT2D eigenvalue weighted by Gasteiger charge is 2.37. The van der Waals surface area contributed by atoms with Crippen LogP contribution in [0.1, 0.15) is 32.8 Å². The van der Waals surface area contributed by atoms with Crippen LogP contribution in [0.15, 0.2) is 41.3 Å². The first-order valence-corrected chi connectivity index (χ1v) is 8.69. The lowest BCUT2D eigenvalue weighted by Gasteiger charge is -2.39. The lowest BCUT2D eigenvalue weighted by atomic mass is 9.78. The van der Waals surface area contributed by atoms with Crippen LogP contribution in [-0.4, -0.2) is 32.2 Å². The molecule has 2 nitrogen and oxygen atoms in total. The number of ether oxygens (including phenoxy) is 2. The zero-order valence-electron chi connectivity index (χ0n) is 14.8. The van der Waals surface area contributed by atoms with Gasteiger partial charge in [-0.15, -0.1) is 18.3 Å². The van der Waals surface area contributed by atoms with Gasteiger partial charge in [0.05, 0.1) is 12.2 Å². The summed E-state index contributed by atoms with van der Waals surface area (Å²) in [4.78, 5) is 1.28. The van der Waals surface area contributed by atoms with Gasteiger partial charge in [-0.1, -0.05) is 37.1 Å². The van der Waals surface area contributed by atoms with E-state index in [0.717, 1.165) is 17.7 Å². The van der Waals surface area contributed by atoms with Crippen LogP contribution in [0.25, 0.3) is 0 Å². The molecule has 0 fully saturated rings. The molecule has 0 spiro atoms. The van der Waals surface area contributed by atoms with Gasteiger partial charge in [0, 0.05) is 30.3 Å². The molecule has 0 amide bonds. The second kappa shape index (κ2) is 8.76. The van der Waals surface area contributed by atoms with Gasteiger partial charge in [0.25, 0.3) is 0 Å². The predicted octanol–water partition coefficient (Wildman–Crippen LogP) is 5.11. The molecule has 0 N–H and O–H groups in total. The Balaban J connectivity index is 2.75. The molecule has 0 aliphatic rings. The van der Waals surface area contributed by atoms with Crippen LogP contribution >= 0.6 is 11.8 Å². The predicted molar refractivity (Wildman–Crippen MR) is 96.7 cm³/mol. The molecule has 0 saturated carbocycles. The van der Waals surface area contributed by atoms with E-state index in [1.165, 1.54) is 10.5 Å². The normalized spacial score (nSPS) is 14.6. The van der Waals surface area contributed by atoms with Crippen molar-refractivity contribution in [1.29, 1.82) is 0 Å². The molecule has 0 bridgehead atoms. The molecule has 1 aromatic rings. The number of hydrogen-bond acceptors (Lipinski definition) is 3. The minimum absolute atomic E-state index is 0.0832. The molecule has 0 aliphatic heterocycles. The largest absolute Gasteiger partial charge is 0.380 e. The van der Waals surface area contributed by atoms with Gasteiger partial charge >= 0.3 is 0 Å². The Hall–Kier alpha value is -0.770. The third-order valence-electron chi connectivity index (χ3n) is 4.18. The molecule has 22 heavy (non-hydrogen) atoms. The smallest absolute Gasteiger partial charge is 0.0740 e. The number of aryl methyl sites for hydroxylation is 1. The molecular formula is C19H30O2S. The van der Waals surface area contributed by atoms with Gasteiger partial charge in [0.1, 0.15) is 0 Å². The van der Waals surface area contributed by atoms with Gasteiger partial charge in [0.15, 0.2) is 0 Å². The van der Waals surface area contributed by atoms with Crippen molar-refractivity contribution in [3.8, 4) is 0 Å². The molecule has 0 aromatic heterocycles. The van der Waals surface area contributed by atoms with Crippen molar-refractivity contribution < 1.29 is 9.47 Å². The second-order valence-electron chi connectivity index (χ2n) is 6.56. The summed E-state index contributed by atoms with van der Waals surface area (Å²) in [5.74, 6) is 0.905. The van der Waals surface area contributed by atoms with Crippen LogP contribution in [0.4, 0.5) is 0 Å². The van der Waals surface area contributed by atoms with Crippen LogP contribution in [-0.2, 0) is 9.47 Å². The zero-order chi connectivity index (χ0) is 16.8. The molecule has 1 aromatic carbocycles. The molecule has 1 rings (SSSR count). The lowest BCUT2D eigenvalue weighted by Crippen LogP contribution is -2.44. The van der Waals surface area contributed by atoms with Gasteiger partial charge in [-0.05, 0) is 32.4 Å². The fourth-order valence-electron chi connectivity index (χ4n) is 2.57. The van der Waals surface area contributed by atoms with Gasteiger partial charge in [-0.25, -0.2) is 0 Å². The van der Waals surface area contributed by atoms with Crippen molar-refractivity contribution in [3.05, 3.63) is 42.0 Å². The average molecular weight is 323 g/mol. The highest BCUT2D eigenvalue weighted by atomic mass is 32.2. The van der Waals surface area contributed by atoms with Crippen LogP contribution < -0.4 is 0 Å². The van der Waals surface area contributed by atoms with Crippen LogP contribution in [0, 0.1) is 12.3 Å². The first kappa shape index (κ1) is 19.3. The minimum atomic E-state index is -0.0832. The Bertz CT molecular complexity index is 465. The summed E-state index contributed by atoms with van der Waals surface area (Å²) in [6.45, 7) is 12.6. The Morgan fingerprint density at radius 2 is 1.68 bits per heavy atom. The van der Waals surface area contributed by atoms with Crippen LogP contribution in [0.5, 0.6) is 0 Å².